The SMILES string of the molecule is CN=C(N)N(N=O)C(=N)N. The summed E-state index contributed by atoms with van der Waals surface area (Å²) < 4.78 is 0. The first kappa shape index (κ1) is 8.34. The maximum Gasteiger partial charge on any atom is 0.222 e. The number of nitrogens with one attached hydrogen (secondary N) is 1. The minimum atomic E-state index is -0.557. The largest absolute Gasteiger partial charge is 0.368 e. The summed E-state index contributed by atoms with van der Waals surface area (Å²) in [7, 11) is 1.36. The number of hydrogen-bond acceptors (Lipinski definition) is 4. The molecule has 0 spiro atoms. The van der Waals surface area contributed by atoms with Crippen LogP contribution in [-0.4, -0.2) is 24.0 Å². The Bertz CT molecular complexity index is 174. The molecule has 0 aromatic carbocycles. The minimum absolute atomic E-state index is 0.206. The Morgan fingerprint density at radius 1 is 1.60 bits per heavy atom. The Balaban J connectivity index is 4.36. The Hall–Kier alpha value is -1.66. The topological polar surface area (TPSA) is 121 Å². The molecule has 10 heavy (non-hydrogen) atoms. The van der Waals surface area contributed by atoms with Gasteiger partial charge in [-0.25, -0.2) is 0 Å². The zero-order valence-corrected chi connectivity index (χ0v) is 5.40. The Morgan fingerprint density at radius 3 is 2.20 bits per heavy atom. The molecule has 0 aromatic rings. The van der Waals surface area contributed by atoms with Crippen molar-refractivity contribution in [3.05, 3.63) is 4.91 Å². The summed E-state index contributed by atoms with van der Waals surface area (Å²) >= 11 is 0. The van der Waals surface area contributed by atoms with Crippen LogP contribution in [0.4, 0.5) is 0 Å². The van der Waals surface area contributed by atoms with E-state index in [1.165, 1.54) is 7.05 Å². The zero-order chi connectivity index (χ0) is 8.15. The highest BCUT2D eigenvalue weighted by atomic mass is 16.3. The van der Waals surface area contributed by atoms with Gasteiger partial charge in [-0.15, -0.1) is 9.92 Å². The summed E-state index contributed by atoms with van der Waals surface area (Å²) in [5.74, 6) is -0.763. The first-order valence-electron chi connectivity index (χ1n) is 2.33. The molecule has 0 aliphatic rings. The van der Waals surface area contributed by atoms with Gasteiger partial charge in [-0.3, -0.25) is 10.4 Å². The first-order chi connectivity index (χ1) is 4.63. The third-order valence-corrected chi connectivity index (χ3v) is 0.756. The molecule has 0 aliphatic carbocycles. The quantitative estimate of drug-likeness (QED) is 0.185. The van der Waals surface area contributed by atoms with Crippen LogP contribution in [-0.2, 0) is 0 Å². The number of nitrogens with two attached hydrogens (primary N) is 2. The van der Waals surface area contributed by atoms with Crippen molar-refractivity contribution in [3.8, 4) is 0 Å². The zero-order valence-electron chi connectivity index (χ0n) is 5.40. The Morgan fingerprint density at radius 2 is 2.10 bits per heavy atom. The van der Waals surface area contributed by atoms with Gasteiger partial charge in [-0.1, -0.05) is 0 Å². The monoisotopic (exact) mass is 144 g/mol. The van der Waals surface area contributed by atoms with Gasteiger partial charge >= 0.3 is 0 Å². The van der Waals surface area contributed by atoms with Gasteiger partial charge in [0.1, 0.15) is 0 Å². The van der Waals surface area contributed by atoms with Gasteiger partial charge < -0.3 is 11.5 Å². The van der Waals surface area contributed by atoms with Gasteiger partial charge in [0, 0.05) is 7.05 Å². The predicted molar refractivity (Wildman–Crippen MR) is 37.1 cm³/mol. The fraction of sp³-hybridized carbons (Fsp3) is 0.333. The number of guanidine groups is 2. The van der Waals surface area contributed by atoms with Crippen molar-refractivity contribution in [2.45, 2.75) is 0 Å². The average molecular weight is 144 g/mol. The van der Waals surface area contributed by atoms with Gasteiger partial charge in [-0.2, -0.15) is 0 Å². The molecule has 0 saturated carbocycles. The van der Waals surface area contributed by atoms with Crippen LogP contribution in [0.1, 0.15) is 0 Å². The lowest BCUT2D eigenvalue weighted by Gasteiger charge is -2.08. The Labute approximate surface area is 57.2 Å². The van der Waals surface area contributed by atoms with Crippen molar-refractivity contribution in [3.63, 3.8) is 0 Å². The van der Waals surface area contributed by atoms with Crippen molar-refractivity contribution in [1.82, 2.24) is 5.01 Å². The normalized spacial score (nSPS) is 10.7. The van der Waals surface area contributed by atoms with E-state index in [1.54, 1.807) is 0 Å². The molecule has 0 aromatic heterocycles. The maximum absolute atomic E-state index is 9.84. The van der Waals surface area contributed by atoms with E-state index in [2.05, 4.69) is 10.3 Å². The van der Waals surface area contributed by atoms with E-state index in [0.29, 0.717) is 5.01 Å². The second kappa shape index (κ2) is 3.38. The first-order valence-corrected chi connectivity index (χ1v) is 2.33. The fourth-order valence-electron chi connectivity index (χ4n) is 0.304. The van der Waals surface area contributed by atoms with Gasteiger partial charge in [0.15, 0.2) is 0 Å². The third-order valence-electron chi connectivity index (χ3n) is 0.756. The van der Waals surface area contributed by atoms with Crippen LogP contribution >= 0.6 is 0 Å². The van der Waals surface area contributed by atoms with E-state index in [4.69, 9.17) is 16.9 Å². The standard InChI is InChI=1S/C3H8N6O/c1-7-3(6)9(8-10)2(4)5/h1H3,(H3,4,5)(H2,6,7). The molecule has 0 amide bonds. The highest BCUT2D eigenvalue weighted by Gasteiger charge is 2.09. The lowest BCUT2D eigenvalue weighted by atomic mass is 10.8. The summed E-state index contributed by atoms with van der Waals surface area (Å²) in [6.45, 7) is 0. The van der Waals surface area contributed by atoms with Crippen LogP contribution < -0.4 is 11.5 Å². The highest BCUT2D eigenvalue weighted by Crippen LogP contribution is 1.84. The molecule has 0 unspecified atom stereocenters. The van der Waals surface area contributed by atoms with Gasteiger partial charge in [0.25, 0.3) is 0 Å². The van der Waals surface area contributed by atoms with Crippen molar-refractivity contribution in [2.24, 2.45) is 21.7 Å². The predicted octanol–water partition coefficient (Wildman–Crippen LogP) is -1.19. The van der Waals surface area contributed by atoms with E-state index in [1.807, 2.05) is 0 Å². The molecule has 0 rings (SSSR count). The van der Waals surface area contributed by atoms with E-state index in [-0.39, 0.29) is 5.96 Å². The minimum Gasteiger partial charge on any atom is -0.368 e. The third kappa shape index (κ3) is 1.69. The van der Waals surface area contributed by atoms with Crippen molar-refractivity contribution >= 4 is 11.9 Å². The molecule has 7 nitrogen and oxygen atoms in total. The number of rotatable bonds is 1. The molecule has 0 fully saturated rings. The summed E-state index contributed by atoms with van der Waals surface area (Å²) in [4.78, 5) is 13.2. The van der Waals surface area contributed by atoms with E-state index in [9.17, 15) is 4.91 Å². The van der Waals surface area contributed by atoms with Crippen LogP contribution in [0.2, 0.25) is 0 Å². The summed E-state index contributed by atoms with van der Waals surface area (Å²) in [6, 6.07) is 0. The highest BCUT2D eigenvalue weighted by molar-refractivity contribution is 5.95. The molecule has 0 heterocycles. The number of aliphatic imine (C=N–C) groups is 1. The second-order valence-electron chi connectivity index (χ2n) is 1.36. The number of hydrogen-bond donors (Lipinski definition) is 3. The number of nitrogens with zero attached hydrogens (tertiary/aromatic N) is 3. The molecule has 56 valence electrons. The van der Waals surface area contributed by atoms with E-state index in [0.717, 1.165) is 0 Å². The molecule has 7 heteroatoms. The smallest absolute Gasteiger partial charge is 0.222 e. The lowest BCUT2D eigenvalue weighted by Crippen LogP contribution is -2.41. The van der Waals surface area contributed by atoms with Crippen LogP contribution in [0.15, 0.2) is 10.3 Å². The van der Waals surface area contributed by atoms with Crippen molar-refractivity contribution < 1.29 is 0 Å². The molecule has 0 saturated heterocycles. The fourth-order valence-corrected chi connectivity index (χ4v) is 0.304. The summed E-state index contributed by atoms with van der Waals surface area (Å²) in [5, 5.41) is 9.54. The van der Waals surface area contributed by atoms with Crippen LogP contribution in [0.5, 0.6) is 0 Å². The summed E-state index contributed by atoms with van der Waals surface area (Å²) in [6.07, 6.45) is 0. The van der Waals surface area contributed by atoms with Crippen LogP contribution in [0, 0.1) is 10.3 Å². The average Bonchev–Trinajstić information content (AvgIpc) is 1.88. The van der Waals surface area contributed by atoms with Crippen LogP contribution in [0.25, 0.3) is 0 Å². The summed E-state index contributed by atoms with van der Waals surface area (Å²) in [5.41, 5.74) is 9.97. The van der Waals surface area contributed by atoms with Crippen molar-refractivity contribution in [2.75, 3.05) is 7.05 Å². The second-order valence-corrected chi connectivity index (χ2v) is 1.36. The molecular formula is C3H8N6O. The molecular weight excluding hydrogens is 136 g/mol. The lowest BCUT2D eigenvalue weighted by molar-refractivity contribution is 0.627. The van der Waals surface area contributed by atoms with E-state index >= 15 is 0 Å². The van der Waals surface area contributed by atoms with E-state index < -0.39 is 5.96 Å². The van der Waals surface area contributed by atoms with Gasteiger partial charge in [-0.05, 0) is 0 Å². The maximum atomic E-state index is 9.84. The van der Waals surface area contributed by atoms with Gasteiger partial charge in [0.05, 0.1) is 5.29 Å². The molecule has 5 N–H and O–H groups in total. The molecule has 0 aliphatic heterocycles. The van der Waals surface area contributed by atoms with Gasteiger partial charge in [0.2, 0.25) is 11.9 Å². The van der Waals surface area contributed by atoms with Crippen molar-refractivity contribution in [1.29, 1.82) is 5.41 Å². The molecule has 0 atom stereocenters. The Kier molecular flexibility index (Phi) is 2.82. The molecule has 0 radical (unpaired) electrons. The number of nitroso groups, excluding NO2 is 1. The molecule has 0 bridgehead atoms. The van der Waals surface area contributed by atoms with Crippen LogP contribution in [0.3, 0.4) is 0 Å².